The quantitative estimate of drug-likeness (QED) is 0.818. The summed E-state index contributed by atoms with van der Waals surface area (Å²) < 4.78 is 33.6. The molecule has 1 saturated carbocycles. The molecule has 1 heterocycles. The smallest absolute Gasteiger partial charge is 0.244 e. The Hall–Kier alpha value is -0.630. The molecule has 7 heteroatoms. The van der Waals surface area contributed by atoms with Gasteiger partial charge < -0.3 is 10.5 Å². The number of anilines is 1. The van der Waals surface area contributed by atoms with Gasteiger partial charge in [0.15, 0.2) is 0 Å². The Labute approximate surface area is 127 Å². The Balaban J connectivity index is 2.00. The third kappa shape index (κ3) is 2.36. The maximum absolute atomic E-state index is 12.9. The van der Waals surface area contributed by atoms with E-state index in [1.54, 1.807) is 16.4 Å². The molecule has 0 amide bonds. The minimum absolute atomic E-state index is 0.0397. The number of benzene rings is 1. The van der Waals surface area contributed by atoms with Gasteiger partial charge in [-0.15, -0.1) is 0 Å². The minimum atomic E-state index is -3.54. The Morgan fingerprint density at radius 3 is 2.95 bits per heavy atom. The largest absolute Gasteiger partial charge is 0.399 e. The Morgan fingerprint density at radius 1 is 1.35 bits per heavy atom. The standard InChI is InChI=1S/C13H17BrN2O3S/c14-10-5-4-9(15)8-13(10)20(17,18)16-6-7-19-12-3-1-2-11(12)16/h4-5,8,11-12H,1-3,6-7,15H2. The molecule has 0 aromatic heterocycles. The number of rotatable bonds is 2. The van der Waals surface area contributed by atoms with Crippen molar-refractivity contribution in [3.63, 3.8) is 0 Å². The van der Waals surface area contributed by atoms with Gasteiger partial charge in [0.05, 0.1) is 23.6 Å². The maximum atomic E-state index is 12.9. The molecule has 0 spiro atoms. The molecule has 0 radical (unpaired) electrons. The van der Waals surface area contributed by atoms with Crippen LogP contribution in [-0.2, 0) is 14.8 Å². The highest BCUT2D eigenvalue weighted by atomic mass is 79.9. The number of morpholine rings is 1. The SMILES string of the molecule is Nc1ccc(Br)c(S(=O)(=O)N2CCOC3CCCC32)c1. The van der Waals surface area contributed by atoms with Gasteiger partial charge in [-0.05, 0) is 53.4 Å². The summed E-state index contributed by atoms with van der Waals surface area (Å²) in [6.07, 6.45) is 2.86. The van der Waals surface area contributed by atoms with Gasteiger partial charge in [0.2, 0.25) is 10.0 Å². The molecule has 1 aliphatic heterocycles. The van der Waals surface area contributed by atoms with E-state index in [-0.39, 0.29) is 17.0 Å². The molecule has 2 aliphatic rings. The first kappa shape index (κ1) is 14.3. The average molecular weight is 361 g/mol. The molecule has 1 aromatic rings. The monoisotopic (exact) mass is 360 g/mol. The van der Waals surface area contributed by atoms with E-state index in [2.05, 4.69) is 15.9 Å². The lowest BCUT2D eigenvalue weighted by Crippen LogP contribution is -2.51. The molecule has 2 N–H and O–H groups in total. The van der Waals surface area contributed by atoms with Crippen LogP contribution in [0, 0.1) is 0 Å². The van der Waals surface area contributed by atoms with Crippen molar-refractivity contribution in [1.29, 1.82) is 0 Å². The van der Waals surface area contributed by atoms with E-state index in [9.17, 15) is 8.42 Å². The second-order valence-electron chi connectivity index (χ2n) is 5.21. The lowest BCUT2D eigenvalue weighted by molar-refractivity contribution is -0.0241. The van der Waals surface area contributed by atoms with Crippen LogP contribution in [0.1, 0.15) is 19.3 Å². The molecule has 20 heavy (non-hydrogen) atoms. The summed E-state index contributed by atoms with van der Waals surface area (Å²) in [5.41, 5.74) is 6.18. The predicted molar refractivity (Wildman–Crippen MR) is 79.8 cm³/mol. The van der Waals surface area contributed by atoms with Crippen LogP contribution in [-0.4, -0.2) is 38.0 Å². The van der Waals surface area contributed by atoms with Gasteiger partial charge >= 0.3 is 0 Å². The molecular formula is C13H17BrN2O3S. The summed E-state index contributed by atoms with van der Waals surface area (Å²) in [5, 5.41) is 0. The van der Waals surface area contributed by atoms with E-state index in [1.165, 1.54) is 6.07 Å². The number of nitrogens with two attached hydrogens (primary N) is 1. The van der Waals surface area contributed by atoms with Crippen LogP contribution in [0.15, 0.2) is 27.6 Å². The highest BCUT2D eigenvalue weighted by molar-refractivity contribution is 9.10. The molecule has 1 aliphatic carbocycles. The molecule has 2 unspecified atom stereocenters. The molecule has 2 fully saturated rings. The zero-order chi connectivity index (χ0) is 14.3. The number of ether oxygens (including phenoxy) is 1. The number of halogens is 1. The normalized spacial score (nSPS) is 27.4. The van der Waals surface area contributed by atoms with Gasteiger partial charge in [-0.25, -0.2) is 8.42 Å². The fourth-order valence-electron chi connectivity index (χ4n) is 3.03. The molecule has 1 saturated heterocycles. The van der Waals surface area contributed by atoms with E-state index >= 15 is 0 Å². The third-order valence-corrected chi connectivity index (χ3v) is 6.89. The van der Waals surface area contributed by atoms with Crippen LogP contribution in [0.5, 0.6) is 0 Å². The topological polar surface area (TPSA) is 72.6 Å². The van der Waals surface area contributed by atoms with Crippen molar-refractivity contribution in [2.45, 2.75) is 36.3 Å². The van der Waals surface area contributed by atoms with Crippen LogP contribution in [0.25, 0.3) is 0 Å². The van der Waals surface area contributed by atoms with Crippen molar-refractivity contribution < 1.29 is 13.2 Å². The van der Waals surface area contributed by atoms with Gasteiger partial charge in [-0.1, -0.05) is 0 Å². The number of sulfonamides is 1. The number of hydrogen-bond donors (Lipinski definition) is 1. The van der Waals surface area contributed by atoms with Crippen molar-refractivity contribution >= 4 is 31.6 Å². The zero-order valence-electron chi connectivity index (χ0n) is 11.0. The van der Waals surface area contributed by atoms with E-state index in [1.807, 2.05) is 0 Å². The van der Waals surface area contributed by atoms with Crippen LogP contribution >= 0.6 is 15.9 Å². The van der Waals surface area contributed by atoms with E-state index in [0.717, 1.165) is 19.3 Å². The minimum Gasteiger partial charge on any atom is -0.399 e. The van der Waals surface area contributed by atoms with Gasteiger partial charge in [0, 0.05) is 16.7 Å². The molecule has 3 rings (SSSR count). The molecule has 5 nitrogen and oxygen atoms in total. The fraction of sp³-hybridized carbons (Fsp3) is 0.538. The van der Waals surface area contributed by atoms with Crippen LogP contribution in [0.2, 0.25) is 0 Å². The van der Waals surface area contributed by atoms with E-state index in [4.69, 9.17) is 10.5 Å². The van der Waals surface area contributed by atoms with Crippen molar-refractivity contribution in [3.05, 3.63) is 22.7 Å². The number of nitrogen functional groups attached to an aromatic ring is 1. The summed E-state index contributed by atoms with van der Waals surface area (Å²) in [7, 11) is -3.54. The Kier molecular flexibility index (Phi) is 3.79. The van der Waals surface area contributed by atoms with Crippen molar-refractivity contribution in [2.24, 2.45) is 0 Å². The molecule has 2 atom stereocenters. The number of nitrogens with zero attached hydrogens (tertiary/aromatic N) is 1. The zero-order valence-corrected chi connectivity index (χ0v) is 13.4. The van der Waals surface area contributed by atoms with Crippen molar-refractivity contribution in [3.8, 4) is 0 Å². The molecular weight excluding hydrogens is 344 g/mol. The maximum Gasteiger partial charge on any atom is 0.244 e. The van der Waals surface area contributed by atoms with Gasteiger partial charge in [0.25, 0.3) is 0 Å². The molecule has 110 valence electrons. The highest BCUT2D eigenvalue weighted by Gasteiger charge is 2.42. The summed E-state index contributed by atoms with van der Waals surface area (Å²) in [6.45, 7) is 0.866. The Morgan fingerprint density at radius 2 is 2.15 bits per heavy atom. The van der Waals surface area contributed by atoms with Crippen LogP contribution in [0.3, 0.4) is 0 Å². The Bertz CT molecular complexity index is 620. The lowest BCUT2D eigenvalue weighted by atomic mass is 10.2. The van der Waals surface area contributed by atoms with Crippen molar-refractivity contribution in [2.75, 3.05) is 18.9 Å². The summed E-state index contributed by atoms with van der Waals surface area (Å²) in [6, 6.07) is 4.83. The number of fused-ring (bicyclic) bond motifs is 1. The van der Waals surface area contributed by atoms with Gasteiger partial charge in [0.1, 0.15) is 0 Å². The van der Waals surface area contributed by atoms with E-state index < -0.39 is 10.0 Å². The fourth-order valence-corrected chi connectivity index (χ4v) is 5.66. The van der Waals surface area contributed by atoms with E-state index in [0.29, 0.717) is 23.3 Å². The number of hydrogen-bond acceptors (Lipinski definition) is 4. The third-order valence-electron chi connectivity index (χ3n) is 3.97. The molecule has 1 aromatic carbocycles. The first-order valence-electron chi connectivity index (χ1n) is 6.68. The average Bonchev–Trinajstić information content (AvgIpc) is 2.89. The molecule has 0 bridgehead atoms. The predicted octanol–water partition coefficient (Wildman–Crippen LogP) is 1.97. The van der Waals surface area contributed by atoms with Crippen molar-refractivity contribution in [1.82, 2.24) is 4.31 Å². The van der Waals surface area contributed by atoms with Crippen LogP contribution in [0.4, 0.5) is 5.69 Å². The summed E-state index contributed by atoms with van der Waals surface area (Å²) in [5.74, 6) is 0. The second kappa shape index (κ2) is 5.29. The second-order valence-corrected chi connectivity index (χ2v) is 7.93. The first-order chi connectivity index (χ1) is 9.50. The van der Waals surface area contributed by atoms with Gasteiger partial charge in [-0.3, -0.25) is 0 Å². The van der Waals surface area contributed by atoms with Crippen LogP contribution < -0.4 is 5.73 Å². The lowest BCUT2D eigenvalue weighted by Gasteiger charge is -2.36. The first-order valence-corrected chi connectivity index (χ1v) is 8.92. The summed E-state index contributed by atoms with van der Waals surface area (Å²) >= 11 is 3.31. The highest BCUT2D eigenvalue weighted by Crippen LogP contribution is 2.35. The summed E-state index contributed by atoms with van der Waals surface area (Å²) in [4.78, 5) is 0.241. The van der Waals surface area contributed by atoms with Gasteiger partial charge in [-0.2, -0.15) is 4.31 Å².